The van der Waals surface area contributed by atoms with Gasteiger partial charge in [-0.05, 0) is 11.1 Å². The highest BCUT2D eigenvalue weighted by Gasteiger charge is 2.27. The Morgan fingerprint density at radius 2 is 1.59 bits per heavy atom. The van der Waals surface area contributed by atoms with Crippen LogP contribution >= 0.6 is 11.3 Å². The van der Waals surface area contributed by atoms with Crippen LogP contribution in [0.4, 0.5) is 5.13 Å². The average Bonchev–Trinajstić information content (AvgIpc) is 3.31. The summed E-state index contributed by atoms with van der Waals surface area (Å²) < 4.78 is 0. The molecule has 1 aliphatic heterocycles. The van der Waals surface area contributed by atoms with Gasteiger partial charge in [-0.2, -0.15) is 0 Å². The first-order chi connectivity index (χ1) is 14.2. The largest absolute Gasteiger partial charge is 0.292 e. The molecular weight excluding hydrogens is 380 g/mol. The molecular formula is C23H26N4OS. The number of carbonyl (C=O) groups excluding carboxylic acids is 1. The molecule has 1 fully saturated rings. The molecule has 1 amide bonds. The molecule has 4 rings (SSSR count). The number of piperazine rings is 1. The highest BCUT2D eigenvalue weighted by atomic mass is 32.1. The average molecular weight is 407 g/mol. The minimum Gasteiger partial charge on any atom is -0.292 e. The second kappa shape index (κ2) is 9.31. The quantitative estimate of drug-likeness (QED) is 0.628. The first-order valence-corrected chi connectivity index (χ1v) is 10.8. The van der Waals surface area contributed by atoms with Crippen molar-refractivity contribution in [2.75, 3.05) is 44.7 Å². The molecule has 0 N–H and O–H groups in total. The van der Waals surface area contributed by atoms with E-state index in [2.05, 4.69) is 75.4 Å². The van der Waals surface area contributed by atoms with Gasteiger partial charge in [0.2, 0.25) is 5.91 Å². The van der Waals surface area contributed by atoms with Crippen molar-refractivity contribution < 1.29 is 4.79 Å². The predicted octanol–water partition coefficient (Wildman–Crippen LogP) is 3.51. The number of carbonyl (C=O) groups is 1. The van der Waals surface area contributed by atoms with Crippen molar-refractivity contribution in [3.8, 4) is 0 Å². The molecule has 6 heteroatoms. The summed E-state index contributed by atoms with van der Waals surface area (Å²) >= 11 is 1.49. The molecule has 0 saturated carbocycles. The highest BCUT2D eigenvalue weighted by molar-refractivity contribution is 7.13. The van der Waals surface area contributed by atoms with E-state index in [-0.39, 0.29) is 11.9 Å². The molecule has 2 aromatic carbocycles. The number of hydrogen-bond acceptors (Lipinski definition) is 5. The lowest BCUT2D eigenvalue weighted by molar-refractivity contribution is -0.119. The van der Waals surface area contributed by atoms with E-state index < -0.39 is 0 Å². The van der Waals surface area contributed by atoms with Crippen LogP contribution in [0.1, 0.15) is 17.2 Å². The molecule has 1 aliphatic rings. The summed E-state index contributed by atoms with van der Waals surface area (Å²) in [4.78, 5) is 23.3. The second-order valence-corrected chi connectivity index (χ2v) is 8.18. The zero-order chi connectivity index (χ0) is 20.1. The van der Waals surface area contributed by atoms with E-state index in [9.17, 15) is 4.79 Å². The molecule has 0 unspecified atom stereocenters. The summed E-state index contributed by atoms with van der Waals surface area (Å²) in [6.45, 7) is 4.07. The summed E-state index contributed by atoms with van der Waals surface area (Å²) in [6.07, 6.45) is 1.73. The van der Waals surface area contributed by atoms with Crippen molar-refractivity contribution >= 4 is 22.4 Å². The Bertz CT molecular complexity index is 854. The van der Waals surface area contributed by atoms with Crippen molar-refractivity contribution in [3.63, 3.8) is 0 Å². The van der Waals surface area contributed by atoms with Gasteiger partial charge in [0.15, 0.2) is 5.13 Å². The third-order valence-corrected chi connectivity index (χ3v) is 6.29. The molecule has 0 bridgehead atoms. The Morgan fingerprint density at radius 1 is 1.00 bits per heavy atom. The number of thiazole rings is 1. The molecule has 0 atom stereocenters. The monoisotopic (exact) mass is 406 g/mol. The van der Waals surface area contributed by atoms with Gasteiger partial charge in [-0.3, -0.25) is 19.5 Å². The van der Waals surface area contributed by atoms with Crippen molar-refractivity contribution in [3.05, 3.63) is 83.4 Å². The number of anilines is 1. The standard InChI is InChI=1S/C23H26N4OS/c1-25(23-24-12-17-29-23)21(28)18-26-13-15-27(16-14-26)22(19-8-4-2-5-9-19)20-10-6-3-7-11-20/h2-12,17,22H,13-16,18H2,1H3. The topological polar surface area (TPSA) is 39.7 Å². The van der Waals surface area contributed by atoms with Crippen LogP contribution in [0.15, 0.2) is 72.2 Å². The van der Waals surface area contributed by atoms with E-state index in [0.29, 0.717) is 6.54 Å². The molecule has 150 valence electrons. The molecule has 5 nitrogen and oxygen atoms in total. The number of hydrogen-bond donors (Lipinski definition) is 0. The number of aromatic nitrogens is 1. The molecule has 0 radical (unpaired) electrons. The fraction of sp³-hybridized carbons (Fsp3) is 0.304. The Balaban J connectivity index is 1.41. The maximum atomic E-state index is 12.6. The maximum Gasteiger partial charge on any atom is 0.242 e. The molecule has 3 aromatic rings. The van der Waals surface area contributed by atoms with Gasteiger partial charge in [-0.1, -0.05) is 60.7 Å². The Labute approximate surface area is 176 Å². The minimum atomic E-state index is 0.0936. The van der Waals surface area contributed by atoms with Crippen molar-refractivity contribution in [2.24, 2.45) is 0 Å². The normalized spacial score (nSPS) is 15.5. The third kappa shape index (κ3) is 4.72. The Hall–Kier alpha value is -2.54. The first-order valence-electron chi connectivity index (χ1n) is 9.95. The first kappa shape index (κ1) is 19.8. The Morgan fingerprint density at radius 3 is 2.10 bits per heavy atom. The minimum absolute atomic E-state index is 0.0936. The van der Waals surface area contributed by atoms with Crippen LogP contribution in [0.2, 0.25) is 0 Å². The van der Waals surface area contributed by atoms with Gasteiger partial charge < -0.3 is 0 Å². The van der Waals surface area contributed by atoms with Crippen LogP contribution in [0.25, 0.3) is 0 Å². The summed E-state index contributed by atoms with van der Waals surface area (Å²) in [6, 6.07) is 21.6. The van der Waals surface area contributed by atoms with Crippen LogP contribution < -0.4 is 4.90 Å². The van der Waals surface area contributed by atoms with E-state index >= 15 is 0 Å². The second-order valence-electron chi connectivity index (χ2n) is 7.30. The Kier molecular flexibility index (Phi) is 6.34. The van der Waals surface area contributed by atoms with Gasteiger partial charge in [0, 0.05) is 44.8 Å². The molecule has 0 aliphatic carbocycles. The van der Waals surface area contributed by atoms with Crippen molar-refractivity contribution in [2.45, 2.75) is 6.04 Å². The smallest absolute Gasteiger partial charge is 0.242 e. The van der Waals surface area contributed by atoms with E-state index in [1.165, 1.54) is 22.5 Å². The van der Waals surface area contributed by atoms with Gasteiger partial charge in [0.25, 0.3) is 0 Å². The van der Waals surface area contributed by atoms with E-state index in [1.54, 1.807) is 18.1 Å². The van der Waals surface area contributed by atoms with E-state index in [1.807, 2.05) is 5.38 Å². The van der Waals surface area contributed by atoms with Gasteiger partial charge in [-0.15, -0.1) is 11.3 Å². The predicted molar refractivity (Wildman–Crippen MR) is 118 cm³/mol. The summed E-state index contributed by atoms with van der Waals surface area (Å²) in [7, 11) is 1.80. The summed E-state index contributed by atoms with van der Waals surface area (Å²) in [5.74, 6) is 0.0936. The lowest BCUT2D eigenvalue weighted by atomic mass is 9.96. The molecule has 1 saturated heterocycles. The number of likely N-dealkylation sites (N-methyl/N-ethyl adjacent to an activating group) is 1. The number of nitrogens with zero attached hydrogens (tertiary/aromatic N) is 4. The van der Waals surface area contributed by atoms with E-state index in [0.717, 1.165) is 31.3 Å². The van der Waals surface area contributed by atoms with Crippen molar-refractivity contribution in [1.29, 1.82) is 0 Å². The molecule has 1 aromatic heterocycles. The van der Waals surface area contributed by atoms with Gasteiger partial charge in [-0.25, -0.2) is 4.98 Å². The highest BCUT2D eigenvalue weighted by Crippen LogP contribution is 2.29. The molecule has 29 heavy (non-hydrogen) atoms. The van der Waals surface area contributed by atoms with Gasteiger partial charge in [0.05, 0.1) is 12.6 Å². The number of benzene rings is 2. The zero-order valence-electron chi connectivity index (χ0n) is 16.6. The zero-order valence-corrected chi connectivity index (χ0v) is 17.5. The maximum absolute atomic E-state index is 12.6. The van der Waals surface area contributed by atoms with Gasteiger partial charge >= 0.3 is 0 Å². The fourth-order valence-electron chi connectivity index (χ4n) is 3.85. The molecule has 2 heterocycles. The van der Waals surface area contributed by atoms with Crippen LogP contribution in [0.5, 0.6) is 0 Å². The lowest BCUT2D eigenvalue weighted by Crippen LogP contribution is -2.50. The van der Waals surface area contributed by atoms with Crippen LogP contribution in [0.3, 0.4) is 0 Å². The van der Waals surface area contributed by atoms with Crippen LogP contribution in [0, 0.1) is 0 Å². The third-order valence-electron chi connectivity index (χ3n) is 5.44. The van der Waals surface area contributed by atoms with Crippen LogP contribution in [-0.2, 0) is 4.79 Å². The van der Waals surface area contributed by atoms with Crippen LogP contribution in [-0.4, -0.2) is 60.5 Å². The lowest BCUT2D eigenvalue weighted by Gasteiger charge is -2.39. The number of amides is 1. The van der Waals surface area contributed by atoms with Crippen molar-refractivity contribution in [1.82, 2.24) is 14.8 Å². The summed E-state index contributed by atoms with van der Waals surface area (Å²) in [5, 5.41) is 2.65. The van der Waals surface area contributed by atoms with E-state index in [4.69, 9.17) is 0 Å². The molecule has 0 spiro atoms. The number of rotatable bonds is 6. The fourth-order valence-corrected chi connectivity index (χ4v) is 4.48. The SMILES string of the molecule is CN(C(=O)CN1CCN(C(c2ccccc2)c2ccccc2)CC1)c1nccs1. The van der Waals surface area contributed by atoms with Gasteiger partial charge in [0.1, 0.15) is 0 Å². The summed E-state index contributed by atoms with van der Waals surface area (Å²) in [5.41, 5.74) is 2.62.